The maximum Gasteiger partial charge on any atom is 0.253 e. The molecule has 0 bridgehead atoms. The lowest BCUT2D eigenvalue weighted by Crippen LogP contribution is -2.48. The average Bonchev–Trinajstić information content (AvgIpc) is 2.53. The number of hydrogen-bond donors (Lipinski definition) is 0. The van der Waals surface area contributed by atoms with E-state index in [0.29, 0.717) is 18.1 Å². The zero-order valence-electron chi connectivity index (χ0n) is 12.7. The molecule has 0 atom stereocenters. The number of amides is 1. The number of benzene rings is 1. The van der Waals surface area contributed by atoms with E-state index in [0.717, 1.165) is 31.0 Å². The first-order valence-corrected chi connectivity index (χ1v) is 7.71. The molecule has 0 aliphatic carbocycles. The van der Waals surface area contributed by atoms with Crippen LogP contribution in [-0.4, -0.2) is 35.5 Å². The highest BCUT2D eigenvalue weighted by atomic mass is 16.5. The number of carbonyl (C=O) groups excluding carboxylic acids is 1. The van der Waals surface area contributed by atoms with Crippen LogP contribution in [0.15, 0.2) is 48.7 Å². The molecular weight excluding hydrogens is 276 g/mol. The lowest BCUT2D eigenvalue weighted by molar-refractivity contribution is 0.0598. The zero-order chi connectivity index (χ0) is 15.4. The summed E-state index contributed by atoms with van der Waals surface area (Å²) >= 11 is 0. The molecule has 3 rings (SSSR count). The van der Waals surface area contributed by atoms with Gasteiger partial charge in [0, 0.05) is 36.5 Å². The molecule has 0 spiro atoms. The normalized spacial score (nSPS) is 14.5. The van der Waals surface area contributed by atoms with Crippen LogP contribution in [-0.2, 0) is 0 Å². The first-order valence-electron chi connectivity index (χ1n) is 7.71. The van der Waals surface area contributed by atoms with Gasteiger partial charge in [0.25, 0.3) is 5.91 Å². The second-order valence-corrected chi connectivity index (χ2v) is 5.53. The van der Waals surface area contributed by atoms with E-state index >= 15 is 0 Å². The lowest BCUT2D eigenvalue weighted by atomic mass is 9.95. The summed E-state index contributed by atoms with van der Waals surface area (Å²) in [6, 6.07) is 13.3. The van der Waals surface area contributed by atoms with E-state index in [2.05, 4.69) is 11.9 Å². The van der Waals surface area contributed by atoms with Crippen LogP contribution in [0.5, 0.6) is 5.75 Å². The summed E-state index contributed by atoms with van der Waals surface area (Å²) < 4.78 is 5.53. The summed E-state index contributed by atoms with van der Waals surface area (Å²) in [5, 5.41) is 0. The maximum atomic E-state index is 12.4. The van der Waals surface area contributed by atoms with Gasteiger partial charge < -0.3 is 9.64 Å². The summed E-state index contributed by atoms with van der Waals surface area (Å²) in [6.07, 6.45) is 2.78. The zero-order valence-corrected chi connectivity index (χ0v) is 12.7. The van der Waals surface area contributed by atoms with Crippen LogP contribution >= 0.6 is 0 Å². The van der Waals surface area contributed by atoms with E-state index in [-0.39, 0.29) is 5.91 Å². The van der Waals surface area contributed by atoms with Gasteiger partial charge in [-0.1, -0.05) is 13.0 Å². The first kappa shape index (κ1) is 14.6. The fraction of sp³-hybridized carbons (Fsp3) is 0.333. The number of rotatable bonds is 5. The van der Waals surface area contributed by atoms with E-state index < -0.39 is 0 Å². The van der Waals surface area contributed by atoms with Crippen molar-refractivity contribution in [2.75, 3.05) is 19.7 Å². The van der Waals surface area contributed by atoms with Gasteiger partial charge in [0.05, 0.1) is 6.61 Å². The second-order valence-electron chi connectivity index (χ2n) is 5.53. The van der Waals surface area contributed by atoms with Gasteiger partial charge in [-0.25, -0.2) is 0 Å². The van der Waals surface area contributed by atoms with Gasteiger partial charge in [-0.15, -0.1) is 0 Å². The van der Waals surface area contributed by atoms with Crippen molar-refractivity contribution in [1.29, 1.82) is 0 Å². The molecule has 1 aliphatic rings. The van der Waals surface area contributed by atoms with Gasteiger partial charge in [-0.3, -0.25) is 9.78 Å². The Labute approximate surface area is 130 Å². The Morgan fingerprint density at radius 3 is 2.64 bits per heavy atom. The largest absolute Gasteiger partial charge is 0.494 e. The van der Waals surface area contributed by atoms with Crippen molar-refractivity contribution in [2.24, 2.45) is 0 Å². The maximum absolute atomic E-state index is 12.4. The predicted molar refractivity (Wildman–Crippen MR) is 85.1 cm³/mol. The lowest BCUT2D eigenvalue weighted by Gasteiger charge is -2.39. The molecule has 1 saturated heterocycles. The minimum atomic E-state index is 0.0780. The Morgan fingerprint density at radius 1 is 1.23 bits per heavy atom. The highest BCUT2D eigenvalue weighted by Crippen LogP contribution is 2.27. The van der Waals surface area contributed by atoms with Gasteiger partial charge in [0.2, 0.25) is 0 Å². The Bertz CT molecular complexity index is 619. The van der Waals surface area contributed by atoms with Crippen LogP contribution in [0.3, 0.4) is 0 Å². The van der Waals surface area contributed by atoms with E-state index in [1.165, 1.54) is 0 Å². The molecule has 1 aromatic carbocycles. The molecule has 0 unspecified atom stereocenters. The topological polar surface area (TPSA) is 42.4 Å². The van der Waals surface area contributed by atoms with Gasteiger partial charge in [0.1, 0.15) is 5.75 Å². The van der Waals surface area contributed by atoms with Crippen LogP contribution in [0.2, 0.25) is 0 Å². The Balaban J connectivity index is 1.57. The highest BCUT2D eigenvalue weighted by molar-refractivity contribution is 5.95. The SMILES string of the molecule is CCCOc1ccc(C(=O)N2CC(c3ccccn3)C2)cc1. The number of aromatic nitrogens is 1. The molecule has 4 nitrogen and oxygen atoms in total. The minimum Gasteiger partial charge on any atom is -0.494 e. The summed E-state index contributed by atoms with van der Waals surface area (Å²) in [7, 11) is 0. The van der Waals surface area contributed by atoms with Gasteiger partial charge in [-0.05, 0) is 42.8 Å². The molecule has 1 fully saturated rings. The average molecular weight is 296 g/mol. The molecule has 1 amide bonds. The number of ether oxygens (including phenoxy) is 1. The van der Waals surface area contributed by atoms with Crippen molar-refractivity contribution in [3.63, 3.8) is 0 Å². The number of likely N-dealkylation sites (tertiary alicyclic amines) is 1. The molecule has 2 aromatic rings. The number of pyridine rings is 1. The molecule has 4 heteroatoms. The molecule has 1 aliphatic heterocycles. The van der Waals surface area contributed by atoms with Crippen molar-refractivity contribution in [2.45, 2.75) is 19.3 Å². The smallest absolute Gasteiger partial charge is 0.253 e. The number of nitrogens with zero attached hydrogens (tertiary/aromatic N) is 2. The van der Waals surface area contributed by atoms with Crippen molar-refractivity contribution in [3.05, 3.63) is 59.9 Å². The molecule has 2 heterocycles. The molecule has 0 N–H and O–H groups in total. The summed E-state index contributed by atoms with van der Waals surface area (Å²) in [5.74, 6) is 1.25. The van der Waals surface area contributed by atoms with Gasteiger partial charge in [0.15, 0.2) is 0 Å². The van der Waals surface area contributed by atoms with Gasteiger partial charge >= 0.3 is 0 Å². The summed E-state index contributed by atoms with van der Waals surface area (Å²) in [5.41, 5.74) is 1.78. The van der Waals surface area contributed by atoms with Crippen LogP contribution in [0, 0.1) is 0 Å². The summed E-state index contributed by atoms with van der Waals surface area (Å²) in [4.78, 5) is 18.6. The van der Waals surface area contributed by atoms with Gasteiger partial charge in [-0.2, -0.15) is 0 Å². The quantitative estimate of drug-likeness (QED) is 0.851. The first-order chi connectivity index (χ1) is 10.8. The minimum absolute atomic E-state index is 0.0780. The third-order valence-corrected chi connectivity index (χ3v) is 3.85. The van der Waals surface area contributed by atoms with E-state index in [9.17, 15) is 4.79 Å². The van der Waals surface area contributed by atoms with Crippen LogP contribution in [0.1, 0.15) is 35.3 Å². The number of carbonyl (C=O) groups is 1. The standard InChI is InChI=1S/C18H20N2O2/c1-2-11-22-16-8-6-14(7-9-16)18(21)20-12-15(13-20)17-5-3-4-10-19-17/h3-10,15H,2,11-13H2,1H3. The Morgan fingerprint density at radius 2 is 2.00 bits per heavy atom. The van der Waals surface area contributed by atoms with Crippen LogP contribution in [0.4, 0.5) is 0 Å². The Kier molecular flexibility index (Phi) is 4.37. The fourth-order valence-electron chi connectivity index (χ4n) is 2.55. The predicted octanol–water partition coefficient (Wildman–Crippen LogP) is 3.11. The van der Waals surface area contributed by atoms with E-state index in [1.807, 2.05) is 47.4 Å². The highest BCUT2D eigenvalue weighted by Gasteiger charge is 2.32. The monoisotopic (exact) mass is 296 g/mol. The molecule has 114 valence electrons. The molecule has 0 saturated carbocycles. The van der Waals surface area contributed by atoms with Crippen molar-refractivity contribution >= 4 is 5.91 Å². The Hall–Kier alpha value is -2.36. The fourth-order valence-corrected chi connectivity index (χ4v) is 2.55. The third-order valence-electron chi connectivity index (χ3n) is 3.85. The molecule has 1 aromatic heterocycles. The van der Waals surface area contributed by atoms with Crippen LogP contribution < -0.4 is 4.74 Å². The van der Waals surface area contributed by atoms with Crippen LogP contribution in [0.25, 0.3) is 0 Å². The second kappa shape index (κ2) is 6.60. The van der Waals surface area contributed by atoms with Crippen molar-refractivity contribution in [3.8, 4) is 5.75 Å². The molecule has 0 radical (unpaired) electrons. The molecule has 22 heavy (non-hydrogen) atoms. The van der Waals surface area contributed by atoms with Crippen molar-refractivity contribution in [1.82, 2.24) is 9.88 Å². The van der Waals surface area contributed by atoms with Crippen molar-refractivity contribution < 1.29 is 9.53 Å². The van der Waals surface area contributed by atoms with E-state index in [4.69, 9.17) is 4.74 Å². The molecular formula is C18H20N2O2. The van der Waals surface area contributed by atoms with E-state index in [1.54, 1.807) is 6.20 Å². The third kappa shape index (κ3) is 3.11. The number of hydrogen-bond acceptors (Lipinski definition) is 3. The summed E-state index contributed by atoms with van der Waals surface area (Å²) in [6.45, 7) is 4.25.